The number of guanidine groups is 1. The summed E-state index contributed by atoms with van der Waals surface area (Å²) in [6, 6.07) is 2.44. The second-order valence-corrected chi connectivity index (χ2v) is 5.12. The SMILES string of the molecule is Cc1cc(F)c(NC(=NC2CCCCC2)NN)cc1F. The van der Waals surface area contributed by atoms with Gasteiger partial charge in [-0.1, -0.05) is 19.3 Å². The van der Waals surface area contributed by atoms with Crippen molar-refractivity contribution in [1.29, 1.82) is 0 Å². The van der Waals surface area contributed by atoms with E-state index in [0.29, 0.717) is 0 Å². The fourth-order valence-corrected chi connectivity index (χ4v) is 2.37. The van der Waals surface area contributed by atoms with Crippen molar-refractivity contribution in [3.8, 4) is 0 Å². The highest BCUT2D eigenvalue weighted by atomic mass is 19.1. The summed E-state index contributed by atoms with van der Waals surface area (Å²) in [7, 11) is 0. The number of rotatable bonds is 2. The third-order valence-electron chi connectivity index (χ3n) is 3.52. The first-order chi connectivity index (χ1) is 9.60. The van der Waals surface area contributed by atoms with Crippen LogP contribution in [0, 0.1) is 18.6 Å². The number of nitrogens with zero attached hydrogens (tertiary/aromatic N) is 1. The zero-order valence-electron chi connectivity index (χ0n) is 11.5. The van der Waals surface area contributed by atoms with Crippen LogP contribution in [0.4, 0.5) is 14.5 Å². The lowest BCUT2D eigenvalue weighted by atomic mass is 9.96. The Morgan fingerprint density at radius 2 is 1.90 bits per heavy atom. The zero-order chi connectivity index (χ0) is 14.5. The maximum atomic E-state index is 13.8. The first-order valence-corrected chi connectivity index (χ1v) is 6.87. The van der Waals surface area contributed by atoms with Crippen molar-refractivity contribution in [2.75, 3.05) is 5.32 Å². The minimum atomic E-state index is -0.532. The number of hydrogen-bond donors (Lipinski definition) is 3. The molecule has 0 saturated heterocycles. The summed E-state index contributed by atoms with van der Waals surface area (Å²) in [4.78, 5) is 4.42. The quantitative estimate of drug-likeness (QED) is 0.338. The third-order valence-corrected chi connectivity index (χ3v) is 3.52. The lowest BCUT2D eigenvalue weighted by Crippen LogP contribution is -2.37. The van der Waals surface area contributed by atoms with Gasteiger partial charge in [-0.3, -0.25) is 5.43 Å². The summed E-state index contributed by atoms with van der Waals surface area (Å²) in [5.41, 5.74) is 2.70. The van der Waals surface area contributed by atoms with Gasteiger partial charge in [-0.05, 0) is 31.4 Å². The Balaban J connectivity index is 2.13. The minimum absolute atomic E-state index is 0.0283. The summed E-state index contributed by atoms with van der Waals surface area (Å²) in [5, 5.41) is 2.71. The number of hydrogen-bond acceptors (Lipinski definition) is 2. The lowest BCUT2D eigenvalue weighted by molar-refractivity contribution is 0.442. The van der Waals surface area contributed by atoms with Gasteiger partial charge in [-0.2, -0.15) is 0 Å². The van der Waals surface area contributed by atoms with Crippen LogP contribution in [-0.2, 0) is 0 Å². The fraction of sp³-hybridized carbons (Fsp3) is 0.500. The van der Waals surface area contributed by atoms with Crippen molar-refractivity contribution in [1.82, 2.24) is 5.43 Å². The average Bonchev–Trinajstić information content (AvgIpc) is 2.45. The van der Waals surface area contributed by atoms with Crippen LogP contribution in [0.25, 0.3) is 0 Å². The second kappa shape index (κ2) is 6.65. The first kappa shape index (κ1) is 14.7. The van der Waals surface area contributed by atoms with Crippen LogP contribution in [-0.4, -0.2) is 12.0 Å². The van der Waals surface area contributed by atoms with Gasteiger partial charge in [-0.25, -0.2) is 19.6 Å². The van der Waals surface area contributed by atoms with Gasteiger partial charge >= 0.3 is 0 Å². The fourth-order valence-electron chi connectivity index (χ4n) is 2.37. The predicted molar refractivity (Wildman–Crippen MR) is 76.3 cm³/mol. The summed E-state index contributed by atoms with van der Waals surface area (Å²) >= 11 is 0. The molecule has 0 unspecified atom stereocenters. The van der Waals surface area contributed by atoms with E-state index in [1.165, 1.54) is 13.3 Å². The topological polar surface area (TPSA) is 62.4 Å². The van der Waals surface area contributed by atoms with Gasteiger partial charge < -0.3 is 5.32 Å². The number of halogens is 2. The van der Waals surface area contributed by atoms with Gasteiger partial charge in [0.25, 0.3) is 0 Å². The molecule has 110 valence electrons. The number of nitrogens with two attached hydrogens (primary N) is 1. The van der Waals surface area contributed by atoms with Crippen molar-refractivity contribution in [3.05, 3.63) is 29.3 Å². The number of aryl methyl sites for hydroxylation is 1. The van der Waals surface area contributed by atoms with Crippen LogP contribution in [0.1, 0.15) is 37.7 Å². The van der Waals surface area contributed by atoms with Gasteiger partial charge in [0.1, 0.15) is 11.6 Å². The molecule has 20 heavy (non-hydrogen) atoms. The van der Waals surface area contributed by atoms with Crippen LogP contribution < -0.4 is 16.6 Å². The molecule has 4 N–H and O–H groups in total. The molecule has 1 fully saturated rings. The van der Waals surface area contributed by atoms with E-state index in [-0.39, 0.29) is 23.3 Å². The van der Waals surface area contributed by atoms with Crippen molar-refractivity contribution >= 4 is 11.6 Å². The molecule has 0 atom stereocenters. The molecule has 0 heterocycles. The molecule has 1 aliphatic carbocycles. The summed E-state index contributed by atoms with van der Waals surface area (Å²) in [6.45, 7) is 1.51. The average molecular weight is 282 g/mol. The van der Waals surface area contributed by atoms with E-state index in [1.807, 2.05) is 0 Å². The largest absolute Gasteiger partial charge is 0.323 e. The maximum Gasteiger partial charge on any atom is 0.210 e. The Morgan fingerprint density at radius 3 is 2.55 bits per heavy atom. The molecule has 1 aromatic rings. The highest BCUT2D eigenvalue weighted by Crippen LogP contribution is 2.21. The maximum absolute atomic E-state index is 13.8. The minimum Gasteiger partial charge on any atom is -0.323 e. The number of nitrogens with one attached hydrogen (secondary N) is 2. The summed E-state index contributed by atoms with van der Waals surface area (Å²) < 4.78 is 27.2. The molecule has 6 heteroatoms. The summed E-state index contributed by atoms with van der Waals surface area (Å²) in [5.74, 6) is 4.66. The summed E-state index contributed by atoms with van der Waals surface area (Å²) in [6.07, 6.45) is 5.50. The monoisotopic (exact) mass is 282 g/mol. The number of benzene rings is 1. The van der Waals surface area contributed by atoms with E-state index in [0.717, 1.165) is 37.8 Å². The van der Waals surface area contributed by atoms with Crippen LogP contribution >= 0.6 is 0 Å². The van der Waals surface area contributed by atoms with Crippen molar-refractivity contribution in [2.45, 2.75) is 45.1 Å². The molecule has 1 aliphatic rings. The molecule has 0 radical (unpaired) electrons. The van der Waals surface area contributed by atoms with Crippen molar-refractivity contribution in [2.24, 2.45) is 10.8 Å². The van der Waals surface area contributed by atoms with Crippen molar-refractivity contribution in [3.63, 3.8) is 0 Å². The van der Waals surface area contributed by atoms with E-state index < -0.39 is 11.6 Å². The number of hydrazine groups is 1. The smallest absolute Gasteiger partial charge is 0.210 e. The third kappa shape index (κ3) is 3.66. The Hall–Kier alpha value is -1.69. The first-order valence-electron chi connectivity index (χ1n) is 6.87. The predicted octanol–water partition coefficient (Wildman–Crippen LogP) is 2.84. The zero-order valence-corrected chi connectivity index (χ0v) is 11.5. The second-order valence-electron chi connectivity index (χ2n) is 5.12. The molecule has 0 spiro atoms. The van der Waals surface area contributed by atoms with Gasteiger partial charge in [-0.15, -0.1) is 0 Å². The molecule has 0 amide bonds. The highest BCUT2D eigenvalue weighted by molar-refractivity contribution is 5.93. The molecule has 2 rings (SSSR count). The Morgan fingerprint density at radius 1 is 1.20 bits per heavy atom. The van der Waals surface area contributed by atoms with Gasteiger partial charge in [0.05, 0.1) is 11.7 Å². The Labute approximate surface area is 117 Å². The van der Waals surface area contributed by atoms with E-state index in [1.54, 1.807) is 0 Å². The molecule has 1 saturated carbocycles. The molecule has 1 aromatic carbocycles. The van der Waals surface area contributed by atoms with Crippen LogP contribution in [0.15, 0.2) is 17.1 Å². The Kier molecular flexibility index (Phi) is 4.89. The van der Waals surface area contributed by atoms with Crippen LogP contribution in [0.3, 0.4) is 0 Å². The van der Waals surface area contributed by atoms with Crippen LogP contribution in [0.2, 0.25) is 0 Å². The normalized spacial score (nSPS) is 17.1. The molecule has 0 bridgehead atoms. The van der Waals surface area contributed by atoms with Crippen LogP contribution in [0.5, 0.6) is 0 Å². The van der Waals surface area contributed by atoms with E-state index in [4.69, 9.17) is 5.84 Å². The van der Waals surface area contributed by atoms with E-state index in [2.05, 4.69) is 15.7 Å². The lowest BCUT2D eigenvalue weighted by Gasteiger charge is -2.19. The van der Waals surface area contributed by atoms with Gasteiger partial charge in [0.15, 0.2) is 0 Å². The van der Waals surface area contributed by atoms with Crippen molar-refractivity contribution < 1.29 is 8.78 Å². The molecular formula is C14H20F2N4. The Bertz CT molecular complexity index is 496. The number of aliphatic imine (C=N–C) groups is 1. The molecule has 4 nitrogen and oxygen atoms in total. The van der Waals surface area contributed by atoms with E-state index >= 15 is 0 Å². The molecule has 0 aliphatic heterocycles. The standard InChI is InChI=1S/C14H20F2N4/c1-9-7-12(16)13(8-11(9)15)19-14(20-17)18-10-5-3-2-4-6-10/h7-8,10H,2-6,17H2,1H3,(H2,18,19,20). The van der Waals surface area contributed by atoms with Gasteiger partial charge in [0, 0.05) is 6.07 Å². The van der Waals surface area contributed by atoms with E-state index in [9.17, 15) is 8.78 Å². The number of anilines is 1. The molecular weight excluding hydrogens is 262 g/mol. The van der Waals surface area contributed by atoms with Gasteiger partial charge in [0.2, 0.25) is 5.96 Å². The highest BCUT2D eigenvalue weighted by Gasteiger charge is 2.14. The molecule has 0 aromatic heterocycles.